The Morgan fingerprint density at radius 1 is 1.06 bits per heavy atom. The topological polar surface area (TPSA) is 0 Å². The molecular formula is C14H10Br2Cl2. The van der Waals surface area contributed by atoms with E-state index in [1.165, 1.54) is 5.56 Å². The van der Waals surface area contributed by atoms with Gasteiger partial charge in [0.1, 0.15) is 0 Å². The molecular weight excluding hydrogens is 399 g/mol. The van der Waals surface area contributed by atoms with Gasteiger partial charge in [-0.3, -0.25) is 0 Å². The summed E-state index contributed by atoms with van der Waals surface area (Å²) in [6.45, 7) is 0. The summed E-state index contributed by atoms with van der Waals surface area (Å²) in [5.41, 5.74) is 2.27. The van der Waals surface area contributed by atoms with E-state index >= 15 is 0 Å². The van der Waals surface area contributed by atoms with E-state index in [-0.39, 0.29) is 4.83 Å². The fraction of sp³-hybridized carbons (Fsp3) is 0.143. The van der Waals surface area contributed by atoms with Crippen LogP contribution in [0.5, 0.6) is 0 Å². The third-order valence-electron chi connectivity index (χ3n) is 2.60. The van der Waals surface area contributed by atoms with Crippen LogP contribution >= 0.6 is 55.1 Å². The molecule has 2 rings (SSSR count). The van der Waals surface area contributed by atoms with Gasteiger partial charge in [0.25, 0.3) is 0 Å². The largest absolute Gasteiger partial charge is 0.0843 e. The molecule has 0 nitrogen and oxygen atoms in total. The highest BCUT2D eigenvalue weighted by molar-refractivity contribution is 9.10. The lowest BCUT2D eigenvalue weighted by molar-refractivity contribution is 0.949. The predicted octanol–water partition coefficient (Wildman–Crippen LogP) is 6.43. The van der Waals surface area contributed by atoms with Gasteiger partial charge < -0.3 is 0 Å². The number of hydrogen-bond acceptors (Lipinski definition) is 0. The fourth-order valence-electron chi connectivity index (χ4n) is 1.74. The number of hydrogen-bond donors (Lipinski definition) is 0. The summed E-state index contributed by atoms with van der Waals surface area (Å²) in [4.78, 5) is 0.177. The van der Waals surface area contributed by atoms with Gasteiger partial charge in [-0.1, -0.05) is 73.3 Å². The van der Waals surface area contributed by atoms with Crippen molar-refractivity contribution < 1.29 is 0 Å². The summed E-state index contributed by atoms with van der Waals surface area (Å²) in [5.74, 6) is 0. The summed E-state index contributed by atoms with van der Waals surface area (Å²) in [6.07, 6.45) is 0.849. The Hall–Kier alpha value is -0.0200. The molecule has 2 aromatic carbocycles. The van der Waals surface area contributed by atoms with E-state index in [1.54, 1.807) is 0 Å². The lowest BCUT2D eigenvalue weighted by Gasteiger charge is -2.12. The highest BCUT2D eigenvalue weighted by Crippen LogP contribution is 2.34. The molecule has 0 aliphatic carbocycles. The Labute approximate surface area is 134 Å². The van der Waals surface area contributed by atoms with Crippen molar-refractivity contribution in [1.82, 2.24) is 0 Å². The summed E-state index contributed by atoms with van der Waals surface area (Å²) in [5, 5.41) is 1.52. The standard InChI is InChI=1S/C14H10Br2Cl2/c15-10-4-5-12(14(18)8-10)13(16)7-9-2-1-3-11(17)6-9/h1-6,8,13H,7H2. The molecule has 2 aromatic rings. The quantitative estimate of drug-likeness (QED) is 0.513. The van der Waals surface area contributed by atoms with E-state index in [4.69, 9.17) is 23.2 Å². The van der Waals surface area contributed by atoms with Gasteiger partial charge in [0.15, 0.2) is 0 Å². The number of alkyl halides is 1. The van der Waals surface area contributed by atoms with E-state index in [1.807, 2.05) is 36.4 Å². The average Bonchev–Trinajstić information content (AvgIpc) is 2.28. The van der Waals surface area contributed by atoms with Crippen LogP contribution in [0.2, 0.25) is 10.0 Å². The van der Waals surface area contributed by atoms with Gasteiger partial charge in [0, 0.05) is 19.3 Å². The Morgan fingerprint density at radius 3 is 2.50 bits per heavy atom. The van der Waals surface area contributed by atoms with E-state index < -0.39 is 0 Å². The van der Waals surface area contributed by atoms with Crippen molar-refractivity contribution in [3.63, 3.8) is 0 Å². The van der Waals surface area contributed by atoms with Crippen LogP contribution in [0.1, 0.15) is 16.0 Å². The van der Waals surface area contributed by atoms with Crippen LogP contribution in [0.15, 0.2) is 46.9 Å². The summed E-state index contributed by atoms with van der Waals surface area (Å²) in [6, 6.07) is 13.8. The number of benzene rings is 2. The molecule has 0 bridgehead atoms. The lowest BCUT2D eigenvalue weighted by Crippen LogP contribution is -1.96. The summed E-state index contributed by atoms with van der Waals surface area (Å²) >= 11 is 19.3. The second-order valence-electron chi connectivity index (χ2n) is 3.97. The van der Waals surface area contributed by atoms with Gasteiger partial charge in [0.05, 0.1) is 0 Å². The van der Waals surface area contributed by atoms with Crippen molar-refractivity contribution in [1.29, 1.82) is 0 Å². The Morgan fingerprint density at radius 2 is 1.83 bits per heavy atom. The van der Waals surface area contributed by atoms with Gasteiger partial charge in [-0.05, 0) is 41.8 Å². The van der Waals surface area contributed by atoms with Crippen molar-refractivity contribution >= 4 is 55.1 Å². The molecule has 1 unspecified atom stereocenters. The molecule has 0 aromatic heterocycles. The average molecular weight is 409 g/mol. The second-order valence-corrected chi connectivity index (χ2v) is 6.83. The SMILES string of the molecule is Clc1cccc(CC(Br)c2ccc(Br)cc2Cl)c1. The van der Waals surface area contributed by atoms with E-state index in [9.17, 15) is 0 Å². The third-order valence-corrected chi connectivity index (χ3v) is 4.48. The molecule has 94 valence electrons. The highest BCUT2D eigenvalue weighted by atomic mass is 79.9. The van der Waals surface area contributed by atoms with E-state index in [0.717, 1.165) is 26.5 Å². The minimum atomic E-state index is 0.177. The van der Waals surface area contributed by atoms with Crippen molar-refractivity contribution in [2.24, 2.45) is 0 Å². The van der Waals surface area contributed by atoms with Crippen molar-refractivity contribution in [3.8, 4) is 0 Å². The van der Waals surface area contributed by atoms with Crippen LogP contribution < -0.4 is 0 Å². The molecule has 0 N–H and O–H groups in total. The zero-order valence-corrected chi connectivity index (χ0v) is 14.0. The zero-order chi connectivity index (χ0) is 13.1. The first-order chi connectivity index (χ1) is 8.56. The maximum absolute atomic E-state index is 6.24. The fourth-order valence-corrected chi connectivity index (χ4v) is 3.66. The lowest BCUT2D eigenvalue weighted by atomic mass is 10.0. The molecule has 0 heterocycles. The highest BCUT2D eigenvalue weighted by Gasteiger charge is 2.12. The first-order valence-electron chi connectivity index (χ1n) is 5.40. The second kappa shape index (κ2) is 6.42. The molecule has 0 spiro atoms. The first kappa shape index (κ1) is 14.4. The Bertz CT molecular complexity index is 555. The van der Waals surface area contributed by atoms with Crippen LogP contribution in [0.3, 0.4) is 0 Å². The van der Waals surface area contributed by atoms with Gasteiger partial charge in [-0.2, -0.15) is 0 Å². The van der Waals surface area contributed by atoms with Crippen LogP contribution in [0.25, 0.3) is 0 Å². The van der Waals surface area contributed by atoms with E-state index in [0.29, 0.717) is 0 Å². The van der Waals surface area contributed by atoms with E-state index in [2.05, 4.69) is 37.9 Å². The van der Waals surface area contributed by atoms with Gasteiger partial charge in [-0.25, -0.2) is 0 Å². The molecule has 1 atom stereocenters. The summed E-state index contributed by atoms with van der Waals surface area (Å²) < 4.78 is 0.985. The molecule has 4 heteroatoms. The van der Waals surface area contributed by atoms with Crippen LogP contribution in [-0.2, 0) is 6.42 Å². The third kappa shape index (κ3) is 3.74. The maximum atomic E-state index is 6.24. The predicted molar refractivity (Wildman–Crippen MR) is 86.0 cm³/mol. The molecule has 0 amide bonds. The molecule has 0 aliphatic rings. The van der Waals surface area contributed by atoms with Crippen LogP contribution in [0.4, 0.5) is 0 Å². The molecule has 0 radical (unpaired) electrons. The molecule has 0 aliphatic heterocycles. The molecule has 0 saturated carbocycles. The van der Waals surface area contributed by atoms with Crippen molar-refractivity contribution in [2.45, 2.75) is 11.2 Å². The van der Waals surface area contributed by atoms with Crippen LogP contribution in [0, 0.1) is 0 Å². The van der Waals surface area contributed by atoms with Crippen molar-refractivity contribution in [2.75, 3.05) is 0 Å². The molecule has 18 heavy (non-hydrogen) atoms. The van der Waals surface area contributed by atoms with Gasteiger partial charge in [-0.15, -0.1) is 0 Å². The Balaban J connectivity index is 2.19. The molecule has 0 fully saturated rings. The minimum Gasteiger partial charge on any atom is -0.0843 e. The van der Waals surface area contributed by atoms with Crippen molar-refractivity contribution in [3.05, 3.63) is 68.1 Å². The van der Waals surface area contributed by atoms with Gasteiger partial charge >= 0.3 is 0 Å². The number of halogens is 4. The Kier molecular flexibility index (Phi) is 5.14. The smallest absolute Gasteiger partial charge is 0.0460 e. The zero-order valence-electron chi connectivity index (χ0n) is 9.34. The van der Waals surface area contributed by atoms with Gasteiger partial charge in [0.2, 0.25) is 0 Å². The normalized spacial score (nSPS) is 12.4. The maximum Gasteiger partial charge on any atom is 0.0460 e. The van der Waals surface area contributed by atoms with Crippen LogP contribution in [-0.4, -0.2) is 0 Å². The minimum absolute atomic E-state index is 0.177. The molecule has 0 saturated heterocycles. The number of rotatable bonds is 3. The summed E-state index contributed by atoms with van der Waals surface area (Å²) in [7, 11) is 0. The monoisotopic (exact) mass is 406 g/mol. The first-order valence-corrected chi connectivity index (χ1v) is 7.86.